The van der Waals surface area contributed by atoms with Crippen LogP contribution in [-0.4, -0.2) is 11.9 Å². The van der Waals surface area contributed by atoms with Crippen LogP contribution in [0, 0.1) is 3.57 Å². The van der Waals surface area contributed by atoms with Crippen LogP contribution in [0.15, 0.2) is 46.9 Å². The van der Waals surface area contributed by atoms with E-state index in [9.17, 15) is 4.79 Å². The number of ketones is 1. The lowest BCUT2D eigenvalue weighted by Crippen LogP contribution is -2.06. The van der Waals surface area contributed by atoms with E-state index >= 15 is 0 Å². The zero-order valence-electron chi connectivity index (χ0n) is 11.2. The second-order valence-electron chi connectivity index (χ2n) is 4.64. The lowest BCUT2D eigenvalue weighted by Gasteiger charge is -2.10. The molecule has 0 amide bonds. The lowest BCUT2D eigenvalue weighted by atomic mass is 10.0. The van der Waals surface area contributed by atoms with Crippen molar-refractivity contribution >= 4 is 44.3 Å². The Kier molecular flexibility index (Phi) is 5.21. The first-order valence-corrected chi connectivity index (χ1v) is 8.11. The van der Waals surface area contributed by atoms with E-state index in [0.29, 0.717) is 11.1 Å². The molecule has 0 atom stereocenters. The van der Waals surface area contributed by atoms with E-state index in [0.717, 1.165) is 13.8 Å². The summed E-state index contributed by atoms with van der Waals surface area (Å²) < 4.78 is 7.42. The van der Waals surface area contributed by atoms with Crippen molar-refractivity contribution < 1.29 is 9.53 Å². The number of benzene rings is 2. The van der Waals surface area contributed by atoms with Crippen LogP contribution in [0.2, 0.25) is 0 Å². The monoisotopic (exact) mass is 444 g/mol. The van der Waals surface area contributed by atoms with Gasteiger partial charge in [-0.3, -0.25) is 4.79 Å². The highest BCUT2D eigenvalue weighted by Crippen LogP contribution is 2.23. The van der Waals surface area contributed by atoms with Crippen LogP contribution in [-0.2, 0) is 0 Å². The molecule has 0 aromatic heterocycles. The Balaban J connectivity index is 2.27. The molecule has 4 heteroatoms. The van der Waals surface area contributed by atoms with Gasteiger partial charge in [0.1, 0.15) is 5.75 Å². The van der Waals surface area contributed by atoms with Crippen molar-refractivity contribution in [2.75, 3.05) is 0 Å². The summed E-state index contributed by atoms with van der Waals surface area (Å²) >= 11 is 5.63. The number of halogens is 2. The number of ether oxygens (including phenoxy) is 1. The van der Waals surface area contributed by atoms with Crippen LogP contribution in [0.1, 0.15) is 29.8 Å². The zero-order chi connectivity index (χ0) is 14.7. The van der Waals surface area contributed by atoms with Crippen molar-refractivity contribution in [3.63, 3.8) is 0 Å². The summed E-state index contributed by atoms with van der Waals surface area (Å²) in [5, 5.41) is 0. The molecule has 0 saturated carbocycles. The Morgan fingerprint density at radius 2 is 1.80 bits per heavy atom. The Hall–Kier alpha value is -0.880. The molecule has 0 heterocycles. The highest BCUT2D eigenvalue weighted by molar-refractivity contribution is 14.1. The van der Waals surface area contributed by atoms with Crippen molar-refractivity contribution in [2.24, 2.45) is 0 Å². The van der Waals surface area contributed by atoms with Crippen molar-refractivity contribution in [2.45, 2.75) is 20.0 Å². The highest BCUT2D eigenvalue weighted by atomic mass is 127. The fraction of sp³-hybridized carbons (Fsp3) is 0.188. The van der Waals surface area contributed by atoms with Gasteiger partial charge >= 0.3 is 0 Å². The molecule has 20 heavy (non-hydrogen) atoms. The van der Waals surface area contributed by atoms with Crippen molar-refractivity contribution in [1.82, 2.24) is 0 Å². The Morgan fingerprint density at radius 1 is 1.15 bits per heavy atom. The van der Waals surface area contributed by atoms with E-state index in [-0.39, 0.29) is 11.9 Å². The molecular weight excluding hydrogens is 431 g/mol. The van der Waals surface area contributed by atoms with Crippen LogP contribution in [0.4, 0.5) is 0 Å². The number of carbonyl (C=O) groups is 1. The van der Waals surface area contributed by atoms with Crippen molar-refractivity contribution in [1.29, 1.82) is 0 Å². The van der Waals surface area contributed by atoms with E-state index in [1.807, 2.05) is 44.2 Å². The fourth-order valence-corrected chi connectivity index (χ4v) is 2.70. The molecule has 0 bridgehead atoms. The molecule has 104 valence electrons. The molecular formula is C16H14BrIO2. The molecule has 2 aromatic carbocycles. The quantitative estimate of drug-likeness (QED) is 0.486. The second-order valence-corrected chi connectivity index (χ2v) is 6.74. The first kappa shape index (κ1) is 15.5. The topological polar surface area (TPSA) is 26.3 Å². The molecule has 0 aliphatic heterocycles. The van der Waals surface area contributed by atoms with Crippen LogP contribution in [0.3, 0.4) is 0 Å². The number of rotatable bonds is 4. The third-order valence-electron chi connectivity index (χ3n) is 2.66. The van der Waals surface area contributed by atoms with Crippen molar-refractivity contribution in [3.8, 4) is 5.75 Å². The average Bonchev–Trinajstić information content (AvgIpc) is 2.41. The molecule has 0 saturated heterocycles. The van der Waals surface area contributed by atoms with Gasteiger partial charge in [-0.25, -0.2) is 0 Å². The molecule has 2 aromatic rings. The van der Waals surface area contributed by atoms with Gasteiger partial charge in [-0.15, -0.1) is 0 Å². The summed E-state index contributed by atoms with van der Waals surface area (Å²) in [7, 11) is 0. The minimum atomic E-state index is 0.00601. The Labute approximate surface area is 140 Å². The molecule has 0 fully saturated rings. The smallest absolute Gasteiger partial charge is 0.194 e. The van der Waals surface area contributed by atoms with Gasteiger partial charge in [-0.05, 0) is 78.9 Å². The summed E-state index contributed by atoms with van der Waals surface area (Å²) in [5.41, 5.74) is 1.33. The normalized spacial score (nSPS) is 10.7. The van der Waals surface area contributed by atoms with Crippen LogP contribution >= 0.6 is 38.5 Å². The van der Waals surface area contributed by atoms with E-state index in [1.54, 1.807) is 12.1 Å². The van der Waals surface area contributed by atoms with Crippen LogP contribution < -0.4 is 4.74 Å². The molecule has 2 nitrogen and oxygen atoms in total. The van der Waals surface area contributed by atoms with Gasteiger partial charge in [0, 0.05) is 19.2 Å². The summed E-state index contributed by atoms with van der Waals surface area (Å²) in [5.74, 6) is 0.782. The first-order valence-electron chi connectivity index (χ1n) is 6.24. The van der Waals surface area contributed by atoms with Gasteiger partial charge in [-0.2, -0.15) is 0 Å². The van der Waals surface area contributed by atoms with E-state index in [1.165, 1.54) is 0 Å². The molecule has 0 aliphatic rings. The standard InChI is InChI=1S/C16H14BrIO2/c1-10(2)20-13-6-3-11(4-7-13)16(19)14-9-12(18)5-8-15(14)17/h3-10H,1-2H3. The molecule has 0 aliphatic carbocycles. The third-order valence-corrected chi connectivity index (χ3v) is 4.02. The molecule has 0 unspecified atom stereocenters. The largest absolute Gasteiger partial charge is 0.491 e. The fourth-order valence-electron chi connectivity index (χ4n) is 1.78. The van der Waals surface area contributed by atoms with E-state index < -0.39 is 0 Å². The Bertz CT molecular complexity index is 621. The predicted molar refractivity (Wildman–Crippen MR) is 92.5 cm³/mol. The van der Waals surface area contributed by atoms with Crippen LogP contribution in [0.5, 0.6) is 5.75 Å². The number of hydrogen-bond donors (Lipinski definition) is 0. The summed E-state index contributed by atoms with van der Waals surface area (Å²) in [6.07, 6.45) is 0.126. The summed E-state index contributed by atoms with van der Waals surface area (Å²) in [4.78, 5) is 12.5. The average molecular weight is 445 g/mol. The minimum absolute atomic E-state index is 0.00601. The van der Waals surface area contributed by atoms with Gasteiger partial charge < -0.3 is 4.74 Å². The maximum atomic E-state index is 12.5. The van der Waals surface area contributed by atoms with Gasteiger partial charge in [0.05, 0.1) is 6.10 Å². The van der Waals surface area contributed by atoms with Gasteiger partial charge in [0.2, 0.25) is 0 Å². The molecule has 2 rings (SSSR count). The zero-order valence-corrected chi connectivity index (χ0v) is 14.9. The van der Waals surface area contributed by atoms with E-state index in [4.69, 9.17) is 4.74 Å². The number of carbonyl (C=O) groups excluding carboxylic acids is 1. The molecule has 0 spiro atoms. The lowest BCUT2D eigenvalue weighted by molar-refractivity contribution is 0.103. The number of hydrogen-bond acceptors (Lipinski definition) is 2. The minimum Gasteiger partial charge on any atom is -0.491 e. The van der Waals surface area contributed by atoms with E-state index in [2.05, 4.69) is 38.5 Å². The van der Waals surface area contributed by atoms with Gasteiger partial charge in [0.15, 0.2) is 5.78 Å². The van der Waals surface area contributed by atoms with Gasteiger partial charge in [-0.1, -0.05) is 15.9 Å². The molecule has 0 N–H and O–H groups in total. The predicted octanol–water partition coefficient (Wildman–Crippen LogP) is 5.07. The SMILES string of the molecule is CC(C)Oc1ccc(C(=O)c2cc(I)ccc2Br)cc1. The summed E-state index contributed by atoms with van der Waals surface area (Å²) in [6.45, 7) is 3.95. The summed E-state index contributed by atoms with van der Waals surface area (Å²) in [6, 6.07) is 13.0. The third kappa shape index (κ3) is 3.82. The second kappa shape index (κ2) is 6.72. The first-order chi connectivity index (χ1) is 9.47. The van der Waals surface area contributed by atoms with Gasteiger partial charge in [0.25, 0.3) is 0 Å². The van der Waals surface area contributed by atoms with Crippen LogP contribution in [0.25, 0.3) is 0 Å². The highest BCUT2D eigenvalue weighted by Gasteiger charge is 2.13. The maximum absolute atomic E-state index is 12.5. The maximum Gasteiger partial charge on any atom is 0.194 e. The van der Waals surface area contributed by atoms with Crippen molar-refractivity contribution in [3.05, 3.63) is 61.6 Å². The molecule has 0 radical (unpaired) electrons. The Morgan fingerprint density at radius 3 is 2.40 bits per heavy atom.